The zero-order chi connectivity index (χ0) is 22.2. The first kappa shape index (κ1) is 21.6. The first-order valence-electron chi connectivity index (χ1n) is 10.5. The molecule has 1 atom stereocenters. The van der Waals surface area contributed by atoms with Gasteiger partial charge in [-0.1, -0.05) is 37.3 Å². The van der Waals surface area contributed by atoms with Crippen molar-refractivity contribution >= 4 is 20.8 Å². The summed E-state index contributed by atoms with van der Waals surface area (Å²) in [5.41, 5.74) is 3.07. The Morgan fingerprint density at radius 1 is 1.16 bits per heavy atom. The number of hydrogen-bond donors (Lipinski definition) is 1. The van der Waals surface area contributed by atoms with E-state index in [0.717, 1.165) is 22.1 Å². The number of fused-ring (bicyclic) bond motifs is 1. The summed E-state index contributed by atoms with van der Waals surface area (Å²) in [5.74, 6) is 0.371. The van der Waals surface area contributed by atoms with E-state index in [0.29, 0.717) is 30.5 Å². The Hall–Kier alpha value is -2.64. The van der Waals surface area contributed by atoms with E-state index in [4.69, 9.17) is 4.42 Å². The highest BCUT2D eigenvalue weighted by Gasteiger charge is 2.33. The summed E-state index contributed by atoms with van der Waals surface area (Å²) in [4.78, 5) is 14.2. The molecule has 1 aliphatic rings. The smallest absolute Gasteiger partial charge is 0.336 e. The molecule has 2 aromatic carbocycles. The molecule has 0 aliphatic carbocycles. The second-order valence-corrected chi connectivity index (χ2v) is 10.5. The normalized spacial score (nSPS) is 18.1. The van der Waals surface area contributed by atoms with Crippen LogP contribution in [0.2, 0.25) is 0 Å². The summed E-state index contributed by atoms with van der Waals surface area (Å²) in [5, 5.41) is 11.8. The number of rotatable bonds is 6. The lowest BCUT2D eigenvalue weighted by atomic mass is 9.99. The lowest BCUT2D eigenvalue weighted by Crippen LogP contribution is -2.35. The van der Waals surface area contributed by atoms with Gasteiger partial charge in [0.15, 0.2) is 9.84 Å². The first-order valence-corrected chi connectivity index (χ1v) is 12.4. The van der Waals surface area contributed by atoms with Gasteiger partial charge >= 0.3 is 5.63 Å². The molecule has 1 aromatic heterocycles. The van der Waals surface area contributed by atoms with Crippen LogP contribution in [0.5, 0.6) is 5.75 Å². The summed E-state index contributed by atoms with van der Waals surface area (Å²) in [6.07, 6.45) is 1.17. The molecule has 4 rings (SSSR count). The van der Waals surface area contributed by atoms with Crippen LogP contribution in [-0.4, -0.2) is 36.0 Å². The number of aromatic hydroxyl groups is 1. The zero-order valence-electron chi connectivity index (χ0n) is 17.8. The van der Waals surface area contributed by atoms with Crippen molar-refractivity contribution in [1.29, 1.82) is 0 Å². The van der Waals surface area contributed by atoms with E-state index in [9.17, 15) is 18.3 Å². The number of hydrogen-bond acceptors (Lipinski definition) is 6. The molecule has 0 spiro atoms. The highest BCUT2D eigenvalue weighted by molar-refractivity contribution is 7.91. The summed E-state index contributed by atoms with van der Waals surface area (Å²) in [6.45, 7) is 4.64. The van der Waals surface area contributed by atoms with Gasteiger partial charge in [-0.3, -0.25) is 4.90 Å². The minimum atomic E-state index is -3.08. The van der Waals surface area contributed by atoms with Crippen molar-refractivity contribution in [3.05, 3.63) is 75.1 Å². The predicted molar refractivity (Wildman–Crippen MR) is 121 cm³/mol. The second kappa shape index (κ2) is 8.48. The van der Waals surface area contributed by atoms with Gasteiger partial charge in [0.25, 0.3) is 0 Å². The highest BCUT2D eigenvalue weighted by Crippen LogP contribution is 2.35. The van der Waals surface area contributed by atoms with Gasteiger partial charge in [0.05, 0.1) is 17.1 Å². The molecule has 1 saturated heterocycles. The van der Waals surface area contributed by atoms with Gasteiger partial charge < -0.3 is 9.52 Å². The number of sulfone groups is 1. The summed E-state index contributed by atoms with van der Waals surface area (Å²) >= 11 is 0. The Labute approximate surface area is 182 Å². The molecule has 6 nitrogen and oxygen atoms in total. The molecule has 0 amide bonds. The summed E-state index contributed by atoms with van der Waals surface area (Å²) < 4.78 is 29.9. The van der Waals surface area contributed by atoms with Crippen LogP contribution in [-0.2, 0) is 29.3 Å². The molecule has 1 unspecified atom stereocenters. The fraction of sp³-hybridized carbons (Fsp3) is 0.375. The van der Waals surface area contributed by atoms with E-state index < -0.39 is 15.5 Å². The molecule has 3 aromatic rings. The molecule has 164 valence electrons. The first-order chi connectivity index (χ1) is 14.8. The van der Waals surface area contributed by atoms with Crippen LogP contribution in [0.25, 0.3) is 11.0 Å². The van der Waals surface area contributed by atoms with Crippen molar-refractivity contribution in [3.8, 4) is 5.75 Å². The minimum absolute atomic E-state index is 0.0922. The average molecular weight is 442 g/mol. The minimum Gasteiger partial charge on any atom is -0.507 e. The highest BCUT2D eigenvalue weighted by atomic mass is 32.2. The predicted octanol–water partition coefficient (Wildman–Crippen LogP) is 3.56. The van der Waals surface area contributed by atoms with Gasteiger partial charge in [-0.25, -0.2) is 13.2 Å². The van der Waals surface area contributed by atoms with Crippen LogP contribution < -0.4 is 5.63 Å². The number of benzene rings is 2. The lowest BCUT2D eigenvalue weighted by Gasteiger charge is -2.29. The molecule has 1 N–H and O–H groups in total. The fourth-order valence-corrected chi connectivity index (χ4v) is 6.14. The van der Waals surface area contributed by atoms with Gasteiger partial charge in [-0.2, -0.15) is 0 Å². The second-order valence-electron chi connectivity index (χ2n) is 8.29. The van der Waals surface area contributed by atoms with E-state index >= 15 is 0 Å². The Balaban J connectivity index is 1.82. The van der Waals surface area contributed by atoms with E-state index in [-0.39, 0.29) is 29.8 Å². The quantitative estimate of drug-likeness (QED) is 0.589. The summed E-state index contributed by atoms with van der Waals surface area (Å²) in [6, 6.07) is 13.0. The third-order valence-electron chi connectivity index (χ3n) is 6.08. The standard InChI is InChI=1S/C24H27NO5S/c1-3-18-12-20-16(2)11-22(26)30-24(20)21(23(18)27)14-25(13-17-7-5-4-6-8-17)19-9-10-31(28,29)15-19/h4-8,11-12,19,27H,3,9-10,13-15H2,1-2H3. The maximum absolute atomic E-state index is 12.2. The van der Waals surface area contributed by atoms with E-state index in [1.165, 1.54) is 6.07 Å². The molecular weight excluding hydrogens is 414 g/mol. The van der Waals surface area contributed by atoms with Crippen LogP contribution >= 0.6 is 0 Å². The van der Waals surface area contributed by atoms with E-state index in [1.54, 1.807) is 0 Å². The fourth-order valence-electron chi connectivity index (χ4n) is 4.38. The van der Waals surface area contributed by atoms with Crippen LogP contribution in [0.4, 0.5) is 0 Å². The number of aryl methyl sites for hydroxylation is 2. The number of phenolic OH excluding ortho intramolecular Hbond substituents is 1. The van der Waals surface area contributed by atoms with Gasteiger partial charge in [-0.15, -0.1) is 0 Å². The van der Waals surface area contributed by atoms with Crippen molar-refractivity contribution in [2.24, 2.45) is 0 Å². The topological polar surface area (TPSA) is 87.8 Å². The Morgan fingerprint density at radius 2 is 1.90 bits per heavy atom. The molecule has 31 heavy (non-hydrogen) atoms. The van der Waals surface area contributed by atoms with Crippen molar-refractivity contribution in [2.75, 3.05) is 11.5 Å². The van der Waals surface area contributed by atoms with Crippen molar-refractivity contribution in [2.45, 2.75) is 45.8 Å². The third-order valence-corrected chi connectivity index (χ3v) is 7.83. The van der Waals surface area contributed by atoms with Crippen LogP contribution in [0.3, 0.4) is 0 Å². The molecule has 0 bridgehead atoms. The van der Waals surface area contributed by atoms with Crippen LogP contribution in [0.1, 0.15) is 35.6 Å². The van der Waals surface area contributed by atoms with Gasteiger partial charge in [0.2, 0.25) is 0 Å². The Kier molecular flexibility index (Phi) is 5.90. The molecule has 7 heteroatoms. The Bertz CT molecular complexity index is 1260. The zero-order valence-corrected chi connectivity index (χ0v) is 18.6. The average Bonchev–Trinajstić information content (AvgIpc) is 3.09. The maximum Gasteiger partial charge on any atom is 0.336 e. The molecular formula is C24H27NO5S. The third kappa shape index (κ3) is 4.52. The molecule has 2 heterocycles. The van der Waals surface area contributed by atoms with E-state index in [1.807, 2.05) is 50.2 Å². The SMILES string of the molecule is CCc1cc2c(C)cc(=O)oc2c(CN(Cc2ccccc2)C2CCS(=O)(=O)C2)c1O. The van der Waals surface area contributed by atoms with Crippen LogP contribution in [0, 0.1) is 6.92 Å². The van der Waals surface area contributed by atoms with Crippen molar-refractivity contribution in [3.63, 3.8) is 0 Å². The summed E-state index contributed by atoms with van der Waals surface area (Å²) in [7, 11) is -3.08. The maximum atomic E-state index is 12.2. The van der Waals surface area contributed by atoms with Crippen molar-refractivity contribution < 1.29 is 17.9 Å². The largest absolute Gasteiger partial charge is 0.507 e. The molecule has 0 saturated carbocycles. The monoisotopic (exact) mass is 441 g/mol. The van der Waals surface area contributed by atoms with E-state index in [2.05, 4.69) is 4.90 Å². The van der Waals surface area contributed by atoms with Crippen molar-refractivity contribution in [1.82, 2.24) is 4.90 Å². The van der Waals surface area contributed by atoms with Gasteiger partial charge in [0, 0.05) is 30.6 Å². The van der Waals surface area contributed by atoms with Crippen LogP contribution in [0.15, 0.2) is 51.7 Å². The Morgan fingerprint density at radius 3 is 2.55 bits per heavy atom. The van der Waals surface area contributed by atoms with Gasteiger partial charge in [-0.05, 0) is 42.5 Å². The molecule has 1 fully saturated rings. The lowest BCUT2D eigenvalue weighted by molar-refractivity contribution is 0.192. The number of nitrogens with zero attached hydrogens (tertiary/aromatic N) is 1. The molecule has 1 aliphatic heterocycles. The van der Waals surface area contributed by atoms with Gasteiger partial charge in [0.1, 0.15) is 11.3 Å². The number of phenols is 1. The molecule has 0 radical (unpaired) electrons.